The number of ether oxygens (including phenoxy) is 3. The van der Waals surface area contributed by atoms with Gasteiger partial charge in [-0.15, -0.1) is 0 Å². The molecule has 2 saturated carbocycles. The van der Waals surface area contributed by atoms with Crippen molar-refractivity contribution in [2.75, 3.05) is 20.3 Å². The van der Waals surface area contributed by atoms with Crippen molar-refractivity contribution in [1.29, 1.82) is 0 Å². The van der Waals surface area contributed by atoms with Crippen LogP contribution in [0.2, 0.25) is 0 Å². The molecule has 198 valence electrons. The molecule has 0 bridgehead atoms. The highest BCUT2D eigenvalue weighted by molar-refractivity contribution is 5.75. The number of carbonyl (C=O) groups excluding carboxylic acids is 2. The van der Waals surface area contributed by atoms with Crippen molar-refractivity contribution < 1.29 is 34.0 Å². The van der Waals surface area contributed by atoms with Gasteiger partial charge in [0.25, 0.3) is 0 Å². The van der Waals surface area contributed by atoms with Gasteiger partial charge in [-0.05, 0) is 83.0 Å². The molecule has 0 amide bonds. The zero-order valence-corrected chi connectivity index (χ0v) is 21.6. The van der Waals surface area contributed by atoms with Crippen LogP contribution in [0.15, 0.2) is 0 Å². The molecule has 0 heterocycles. The molecular formula is C27H48O7. The zero-order chi connectivity index (χ0) is 24.9. The van der Waals surface area contributed by atoms with Gasteiger partial charge < -0.3 is 29.2 Å². The standard InChI is InChI=1S/C27H48O7/c1-4-5-8-22(18-34-26-17-21(10-9-19(2)28)12-14-24(26)30)27(31)33-15-6-7-20-11-13-23(29)25(16-20)32-3/h20-26,29-30H,4-18H2,1-3H3. The second-order valence-electron chi connectivity index (χ2n) is 10.5. The Hall–Kier alpha value is -1.02. The average Bonchev–Trinajstić information content (AvgIpc) is 2.82. The van der Waals surface area contributed by atoms with Crippen LogP contribution in [0.5, 0.6) is 0 Å². The van der Waals surface area contributed by atoms with E-state index < -0.39 is 6.10 Å². The topological polar surface area (TPSA) is 102 Å². The number of hydrogen-bond acceptors (Lipinski definition) is 7. The molecule has 2 aliphatic rings. The number of ketones is 1. The van der Waals surface area contributed by atoms with Crippen molar-refractivity contribution in [2.45, 2.75) is 122 Å². The first-order chi connectivity index (χ1) is 16.3. The summed E-state index contributed by atoms with van der Waals surface area (Å²) in [6, 6.07) is 0. The van der Waals surface area contributed by atoms with Crippen LogP contribution in [0.25, 0.3) is 0 Å². The first-order valence-electron chi connectivity index (χ1n) is 13.5. The normalized spacial score (nSPS) is 30.6. The molecule has 0 aromatic carbocycles. The molecule has 0 saturated heterocycles. The minimum atomic E-state index is -0.513. The second-order valence-corrected chi connectivity index (χ2v) is 10.5. The van der Waals surface area contributed by atoms with Gasteiger partial charge >= 0.3 is 5.97 Å². The fraction of sp³-hybridized carbons (Fsp3) is 0.926. The van der Waals surface area contributed by atoms with Gasteiger partial charge in [-0.3, -0.25) is 4.79 Å². The summed E-state index contributed by atoms with van der Waals surface area (Å²) in [7, 11) is 1.65. The number of aliphatic hydroxyl groups is 2. The molecule has 0 radical (unpaired) electrons. The summed E-state index contributed by atoms with van der Waals surface area (Å²) in [5.41, 5.74) is 0. The number of carbonyl (C=O) groups is 2. The Morgan fingerprint density at radius 2 is 1.59 bits per heavy atom. The lowest BCUT2D eigenvalue weighted by atomic mass is 9.82. The second kappa shape index (κ2) is 15.9. The highest BCUT2D eigenvalue weighted by Crippen LogP contribution is 2.31. The molecule has 7 nitrogen and oxygen atoms in total. The SMILES string of the molecule is CCCCC(COC1CC(CCC(C)=O)CCC1O)C(=O)OCCCC1CCC(O)C(OC)C1. The van der Waals surface area contributed by atoms with Gasteiger partial charge in [-0.2, -0.15) is 0 Å². The van der Waals surface area contributed by atoms with Crippen LogP contribution in [0.1, 0.15) is 97.3 Å². The number of aliphatic hydroxyl groups excluding tert-OH is 2. The summed E-state index contributed by atoms with van der Waals surface area (Å²) in [4.78, 5) is 24.1. The number of esters is 1. The number of hydrogen-bond donors (Lipinski definition) is 2. The van der Waals surface area contributed by atoms with E-state index >= 15 is 0 Å². The monoisotopic (exact) mass is 484 g/mol. The molecule has 34 heavy (non-hydrogen) atoms. The fourth-order valence-electron chi connectivity index (χ4n) is 5.38. The number of unbranched alkanes of at least 4 members (excludes halogenated alkanes) is 1. The molecule has 0 aromatic rings. The van der Waals surface area contributed by atoms with Gasteiger partial charge in [-0.25, -0.2) is 0 Å². The first kappa shape index (κ1) is 29.2. The Bertz CT molecular complexity index is 596. The highest BCUT2D eigenvalue weighted by atomic mass is 16.5. The van der Waals surface area contributed by atoms with Gasteiger partial charge in [0.2, 0.25) is 0 Å². The summed E-state index contributed by atoms with van der Waals surface area (Å²) in [5, 5.41) is 20.4. The predicted octanol–water partition coefficient (Wildman–Crippen LogP) is 4.21. The number of methoxy groups -OCH3 is 1. The van der Waals surface area contributed by atoms with Crippen LogP contribution < -0.4 is 0 Å². The lowest BCUT2D eigenvalue weighted by molar-refractivity contribution is -0.154. The average molecular weight is 485 g/mol. The molecule has 0 aromatic heterocycles. The van der Waals surface area contributed by atoms with Crippen LogP contribution in [0.4, 0.5) is 0 Å². The Balaban J connectivity index is 1.74. The third kappa shape index (κ3) is 10.3. The number of Topliss-reactive ketones (excluding diaryl/α,β-unsaturated/α-hetero) is 1. The van der Waals surface area contributed by atoms with E-state index in [0.29, 0.717) is 31.3 Å². The molecule has 0 aliphatic heterocycles. The van der Waals surface area contributed by atoms with Crippen LogP contribution in [-0.4, -0.2) is 66.7 Å². The lowest BCUT2D eigenvalue weighted by Gasteiger charge is -2.34. The minimum Gasteiger partial charge on any atom is -0.465 e. The van der Waals surface area contributed by atoms with E-state index in [0.717, 1.165) is 70.6 Å². The molecule has 0 spiro atoms. The molecule has 2 aliphatic carbocycles. The smallest absolute Gasteiger partial charge is 0.311 e. The minimum absolute atomic E-state index is 0.0888. The van der Waals surface area contributed by atoms with E-state index in [1.165, 1.54) is 0 Å². The summed E-state index contributed by atoms with van der Waals surface area (Å²) >= 11 is 0. The van der Waals surface area contributed by atoms with Crippen molar-refractivity contribution in [3.8, 4) is 0 Å². The fourth-order valence-corrected chi connectivity index (χ4v) is 5.38. The maximum absolute atomic E-state index is 12.8. The van der Waals surface area contributed by atoms with Crippen LogP contribution in [0, 0.1) is 17.8 Å². The first-order valence-corrected chi connectivity index (χ1v) is 13.5. The molecule has 2 rings (SSSR count). The zero-order valence-electron chi connectivity index (χ0n) is 21.6. The molecular weight excluding hydrogens is 436 g/mol. The van der Waals surface area contributed by atoms with Crippen molar-refractivity contribution in [2.24, 2.45) is 17.8 Å². The Morgan fingerprint density at radius 3 is 2.24 bits per heavy atom. The van der Waals surface area contributed by atoms with Crippen molar-refractivity contribution in [3.63, 3.8) is 0 Å². The Labute approximate surface area is 205 Å². The summed E-state index contributed by atoms with van der Waals surface area (Å²) in [6.45, 7) is 4.39. The predicted molar refractivity (Wildman–Crippen MR) is 130 cm³/mol. The maximum Gasteiger partial charge on any atom is 0.311 e. The van der Waals surface area contributed by atoms with E-state index in [1.807, 2.05) is 0 Å². The third-order valence-corrected chi connectivity index (χ3v) is 7.69. The molecule has 7 unspecified atom stereocenters. The van der Waals surface area contributed by atoms with Gasteiger partial charge in [0.1, 0.15) is 5.78 Å². The van der Waals surface area contributed by atoms with Crippen molar-refractivity contribution in [3.05, 3.63) is 0 Å². The van der Waals surface area contributed by atoms with E-state index in [4.69, 9.17) is 14.2 Å². The van der Waals surface area contributed by atoms with E-state index in [-0.39, 0.29) is 42.6 Å². The largest absolute Gasteiger partial charge is 0.465 e. The van der Waals surface area contributed by atoms with Crippen molar-refractivity contribution >= 4 is 11.8 Å². The van der Waals surface area contributed by atoms with Gasteiger partial charge in [0.15, 0.2) is 0 Å². The summed E-state index contributed by atoms with van der Waals surface area (Å²) in [6.07, 6.45) is 9.54. The Morgan fingerprint density at radius 1 is 0.941 bits per heavy atom. The highest BCUT2D eigenvalue weighted by Gasteiger charge is 2.32. The number of rotatable bonds is 15. The molecule has 7 heteroatoms. The molecule has 7 atom stereocenters. The molecule has 2 fully saturated rings. The third-order valence-electron chi connectivity index (χ3n) is 7.69. The summed E-state index contributed by atoms with van der Waals surface area (Å²) < 4.78 is 17.1. The van der Waals surface area contributed by atoms with Gasteiger partial charge in [0.05, 0.1) is 43.5 Å². The molecule has 2 N–H and O–H groups in total. The van der Waals surface area contributed by atoms with Crippen LogP contribution in [-0.2, 0) is 23.8 Å². The van der Waals surface area contributed by atoms with Gasteiger partial charge in [0, 0.05) is 13.5 Å². The maximum atomic E-state index is 12.8. The van der Waals surface area contributed by atoms with E-state index in [2.05, 4.69) is 6.92 Å². The lowest BCUT2D eigenvalue weighted by Crippen LogP contribution is -2.38. The van der Waals surface area contributed by atoms with Crippen molar-refractivity contribution in [1.82, 2.24) is 0 Å². The quantitative estimate of drug-likeness (QED) is 0.265. The van der Waals surface area contributed by atoms with Gasteiger partial charge in [-0.1, -0.05) is 19.8 Å². The van der Waals surface area contributed by atoms with Crippen LogP contribution >= 0.6 is 0 Å². The Kier molecular flexibility index (Phi) is 13.6. The summed E-state index contributed by atoms with van der Waals surface area (Å²) in [5.74, 6) is 0.561. The van der Waals surface area contributed by atoms with E-state index in [9.17, 15) is 19.8 Å². The van der Waals surface area contributed by atoms with E-state index in [1.54, 1.807) is 14.0 Å². The van der Waals surface area contributed by atoms with Crippen LogP contribution in [0.3, 0.4) is 0 Å².